The lowest BCUT2D eigenvalue weighted by atomic mass is 9.99. The molecule has 0 fully saturated rings. The molecule has 0 aromatic heterocycles. The van der Waals surface area contributed by atoms with Gasteiger partial charge in [-0.05, 0) is 68.3 Å². The van der Waals surface area contributed by atoms with Crippen molar-refractivity contribution in [3.8, 4) is 0 Å². The zero-order chi connectivity index (χ0) is 28.4. The highest BCUT2D eigenvalue weighted by Crippen LogP contribution is 2.32. The molecule has 0 aliphatic rings. The highest BCUT2D eigenvalue weighted by atomic mass is 16.2. The largest absolute Gasteiger partial charge is 0.351 e. The molecule has 3 aromatic rings. The number of carbonyl (C=O) groups excluding carboxylic acids is 4. The Labute approximate surface area is 230 Å². The molecule has 0 radical (unpaired) electrons. The van der Waals surface area contributed by atoms with Crippen LogP contribution in [-0.4, -0.2) is 50.2 Å². The van der Waals surface area contributed by atoms with E-state index in [2.05, 4.69) is 16.7 Å². The van der Waals surface area contributed by atoms with Crippen LogP contribution in [0.15, 0.2) is 60.7 Å². The Kier molecular flexibility index (Phi) is 10.8. The van der Waals surface area contributed by atoms with E-state index in [1.54, 1.807) is 16.8 Å². The van der Waals surface area contributed by atoms with Crippen LogP contribution in [0, 0.1) is 6.92 Å². The summed E-state index contributed by atoms with van der Waals surface area (Å²) in [5.41, 5.74) is 3.26. The summed E-state index contributed by atoms with van der Waals surface area (Å²) >= 11 is 0. The summed E-state index contributed by atoms with van der Waals surface area (Å²) in [5.74, 6) is -0.325. The lowest BCUT2D eigenvalue weighted by Gasteiger charge is -2.31. The van der Waals surface area contributed by atoms with Crippen LogP contribution < -0.4 is 20.4 Å². The van der Waals surface area contributed by atoms with E-state index in [-0.39, 0.29) is 43.1 Å². The van der Waals surface area contributed by atoms with Crippen LogP contribution in [0.2, 0.25) is 0 Å². The Morgan fingerprint density at radius 3 is 2.33 bits per heavy atom. The van der Waals surface area contributed by atoms with Crippen LogP contribution in [0.3, 0.4) is 0 Å². The molecular weight excluding hydrogens is 492 g/mol. The summed E-state index contributed by atoms with van der Waals surface area (Å²) in [7, 11) is 1.69. The molecule has 8 nitrogen and oxygen atoms in total. The van der Waals surface area contributed by atoms with Crippen LogP contribution >= 0.6 is 0 Å². The number of Topliss-reactive ketones (excluding diaryl/α,β-unsaturated/α-hetero) is 1. The molecule has 0 aliphatic heterocycles. The Hall–Kier alpha value is -4.04. The summed E-state index contributed by atoms with van der Waals surface area (Å²) in [6, 6.07) is 19.1. The van der Waals surface area contributed by atoms with Crippen molar-refractivity contribution in [2.75, 3.05) is 29.9 Å². The fourth-order valence-electron chi connectivity index (χ4n) is 4.70. The molecule has 0 heterocycles. The maximum Gasteiger partial charge on any atom is 0.234 e. The van der Waals surface area contributed by atoms with Crippen LogP contribution in [0.1, 0.15) is 44.2 Å². The molecule has 0 bridgehead atoms. The topological polar surface area (TPSA) is 98.8 Å². The van der Waals surface area contributed by atoms with Crippen LogP contribution in [-0.2, 0) is 25.7 Å². The second-order valence-corrected chi connectivity index (χ2v) is 9.86. The van der Waals surface area contributed by atoms with Gasteiger partial charge in [-0.1, -0.05) is 48.5 Å². The van der Waals surface area contributed by atoms with E-state index >= 15 is 0 Å². The van der Waals surface area contributed by atoms with E-state index < -0.39 is 0 Å². The fourth-order valence-corrected chi connectivity index (χ4v) is 4.70. The SMILES string of the molecule is CNCC(=O)NC(C)CN(C(=O)CCCC(C)=O)c1ccccc1N(C=O)Cc1c(C)ccc2ccccc12. The van der Waals surface area contributed by atoms with Crippen molar-refractivity contribution in [2.24, 2.45) is 0 Å². The minimum absolute atomic E-state index is 0.0278. The van der Waals surface area contributed by atoms with E-state index in [1.165, 1.54) is 6.92 Å². The lowest BCUT2D eigenvalue weighted by Crippen LogP contribution is -2.46. The van der Waals surface area contributed by atoms with Gasteiger partial charge in [0.05, 0.1) is 24.5 Å². The number of likely N-dealkylation sites (N-methyl/N-ethyl adjacent to an activating group) is 1. The molecule has 39 heavy (non-hydrogen) atoms. The molecule has 206 valence electrons. The van der Waals surface area contributed by atoms with Gasteiger partial charge in [0.2, 0.25) is 18.2 Å². The first kappa shape index (κ1) is 29.5. The van der Waals surface area contributed by atoms with E-state index in [0.29, 0.717) is 30.8 Å². The molecule has 0 saturated heterocycles. The van der Waals surface area contributed by atoms with Gasteiger partial charge in [-0.25, -0.2) is 0 Å². The van der Waals surface area contributed by atoms with Crippen molar-refractivity contribution in [2.45, 2.75) is 52.6 Å². The van der Waals surface area contributed by atoms with Crippen molar-refractivity contribution < 1.29 is 19.2 Å². The Morgan fingerprint density at radius 1 is 0.949 bits per heavy atom. The van der Waals surface area contributed by atoms with Crippen LogP contribution in [0.5, 0.6) is 0 Å². The summed E-state index contributed by atoms with van der Waals surface area (Å²) < 4.78 is 0. The summed E-state index contributed by atoms with van der Waals surface area (Å²) in [6.45, 7) is 6.07. The van der Waals surface area contributed by atoms with Crippen LogP contribution in [0.25, 0.3) is 10.8 Å². The quantitative estimate of drug-likeness (QED) is 0.306. The molecule has 3 amide bonds. The molecular formula is C31H38N4O4. The van der Waals surface area contributed by atoms with Gasteiger partial charge in [-0.15, -0.1) is 0 Å². The second-order valence-electron chi connectivity index (χ2n) is 9.86. The number of fused-ring (bicyclic) bond motifs is 1. The Balaban J connectivity index is 1.98. The number of anilines is 2. The number of para-hydroxylation sites is 2. The van der Waals surface area contributed by atoms with E-state index in [4.69, 9.17) is 0 Å². The third kappa shape index (κ3) is 7.97. The number of nitrogens with zero attached hydrogens (tertiary/aromatic N) is 2. The monoisotopic (exact) mass is 530 g/mol. The third-order valence-electron chi connectivity index (χ3n) is 6.63. The predicted octanol–water partition coefficient (Wildman–Crippen LogP) is 4.13. The van der Waals surface area contributed by atoms with Gasteiger partial charge in [0.1, 0.15) is 5.78 Å². The number of ketones is 1. The minimum Gasteiger partial charge on any atom is -0.351 e. The van der Waals surface area contributed by atoms with Gasteiger partial charge in [-0.2, -0.15) is 0 Å². The number of rotatable bonds is 14. The third-order valence-corrected chi connectivity index (χ3v) is 6.63. The number of hydrogen-bond acceptors (Lipinski definition) is 5. The second kappa shape index (κ2) is 14.2. The first-order valence-electron chi connectivity index (χ1n) is 13.3. The van der Waals surface area contributed by atoms with Crippen molar-refractivity contribution in [1.82, 2.24) is 10.6 Å². The number of aryl methyl sites for hydroxylation is 1. The summed E-state index contributed by atoms with van der Waals surface area (Å²) in [5, 5.41) is 7.89. The number of carbonyl (C=O) groups is 4. The van der Waals surface area contributed by atoms with Gasteiger partial charge in [0.25, 0.3) is 0 Å². The molecule has 3 rings (SSSR count). The molecule has 3 aromatic carbocycles. The Bertz CT molecular complexity index is 1320. The maximum atomic E-state index is 13.5. The smallest absolute Gasteiger partial charge is 0.234 e. The molecule has 0 saturated carbocycles. The molecule has 2 N–H and O–H groups in total. The number of hydrogen-bond donors (Lipinski definition) is 2. The molecule has 0 spiro atoms. The van der Waals surface area contributed by atoms with Gasteiger partial charge < -0.3 is 25.2 Å². The van der Waals surface area contributed by atoms with Crippen molar-refractivity contribution in [1.29, 1.82) is 0 Å². The molecule has 0 aliphatic carbocycles. The predicted molar refractivity (Wildman–Crippen MR) is 156 cm³/mol. The average molecular weight is 531 g/mol. The van der Waals surface area contributed by atoms with Crippen molar-refractivity contribution in [3.63, 3.8) is 0 Å². The minimum atomic E-state index is -0.347. The summed E-state index contributed by atoms with van der Waals surface area (Å²) in [6.07, 6.45) is 1.71. The molecule has 1 unspecified atom stereocenters. The fraction of sp³-hybridized carbons (Fsp3) is 0.355. The maximum absolute atomic E-state index is 13.5. The molecule has 1 atom stereocenters. The molecule has 8 heteroatoms. The summed E-state index contributed by atoms with van der Waals surface area (Å²) in [4.78, 5) is 52.9. The van der Waals surface area contributed by atoms with Gasteiger partial charge >= 0.3 is 0 Å². The first-order valence-corrected chi connectivity index (χ1v) is 13.3. The number of nitrogens with one attached hydrogen (secondary N) is 2. The number of benzene rings is 3. The number of amides is 3. The Morgan fingerprint density at radius 2 is 1.64 bits per heavy atom. The highest BCUT2D eigenvalue weighted by Gasteiger charge is 2.24. The average Bonchev–Trinajstić information content (AvgIpc) is 2.91. The van der Waals surface area contributed by atoms with E-state index in [1.807, 2.05) is 68.4 Å². The van der Waals surface area contributed by atoms with E-state index in [0.717, 1.165) is 28.3 Å². The lowest BCUT2D eigenvalue weighted by molar-refractivity contribution is -0.122. The van der Waals surface area contributed by atoms with Crippen molar-refractivity contribution >= 4 is 46.2 Å². The van der Waals surface area contributed by atoms with Gasteiger partial charge in [0.15, 0.2) is 0 Å². The van der Waals surface area contributed by atoms with Gasteiger partial charge in [-0.3, -0.25) is 14.4 Å². The zero-order valence-corrected chi connectivity index (χ0v) is 23.2. The van der Waals surface area contributed by atoms with Crippen molar-refractivity contribution in [3.05, 3.63) is 71.8 Å². The first-order chi connectivity index (χ1) is 18.7. The standard InChI is InChI=1S/C31H38N4O4/c1-22-16-17-25-11-5-6-12-26(25)27(22)20-34(21-36)28-13-7-8-14-29(28)35(31(39)15-9-10-24(3)37)19-23(2)33-30(38)18-32-4/h5-8,11-14,16-17,21,23,32H,9-10,15,18-20H2,1-4H3,(H,33,38). The van der Waals surface area contributed by atoms with E-state index in [9.17, 15) is 19.2 Å². The van der Waals surface area contributed by atoms with Crippen LogP contribution in [0.4, 0.5) is 11.4 Å². The normalized spacial score (nSPS) is 11.6. The highest BCUT2D eigenvalue weighted by molar-refractivity contribution is 5.99. The van der Waals surface area contributed by atoms with Gasteiger partial charge in [0, 0.05) is 25.4 Å². The zero-order valence-electron chi connectivity index (χ0n) is 23.2.